The molecule has 0 spiro atoms. The molecule has 0 aliphatic heterocycles. The fraction of sp³-hybridized carbons (Fsp3) is 0.214. The molecule has 0 saturated heterocycles. The quantitative estimate of drug-likeness (QED) is 0.875. The second-order valence-electron chi connectivity index (χ2n) is 4.50. The Bertz CT molecular complexity index is 542. The molecule has 1 saturated carbocycles. The molecule has 1 fully saturated rings. The number of benzene rings is 1. The molecule has 3 rings (SSSR count). The molecule has 2 aromatic rings. The van der Waals surface area contributed by atoms with Gasteiger partial charge < -0.3 is 10.8 Å². The molecule has 1 aliphatic carbocycles. The first-order chi connectivity index (χ1) is 8.25. The highest BCUT2D eigenvalue weighted by atomic mass is 35.5. The lowest BCUT2D eigenvalue weighted by atomic mass is 10.1. The highest BCUT2D eigenvalue weighted by Gasteiger charge is 2.34. The number of aromatic nitrogens is 1. The molecule has 2 atom stereocenters. The van der Waals surface area contributed by atoms with Crippen LogP contribution in [0, 0.1) is 0 Å². The molecule has 4 heteroatoms. The van der Waals surface area contributed by atoms with Gasteiger partial charge in [-0.25, -0.2) is 0 Å². The van der Waals surface area contributed by atoms with E-state index in [9.17, 15) is 5.11 Å². The van der Waals surface area contributed by atoms with Crippen molar-refractivity contribution in [3.63, 3.8) is 0 Å². The van der Waals surface area contributed by atoms with Gasteiger partial charge in [0.05, 0.1) is 5.69 Å². The minimum Gasteiger partial charge on any atom is -0.507 e. The van der Waals surface area contributed by atoms with E-state index in [1.165, 1.54) is 5.56 Å². The lowest BCUT2D eigenvalue weighted by molar-refractivity contribution is 0.477. The van der Waals surface area contributed by atoms with Crippen molar-refractivity contribution in [1.82, 2.24) is 4.98 Å². The van der Waals surface area contributed by atoms with Crippen LogP contribution in [0.3, 0.4) is 0 Å². The molecule has 1 aromatic carbocycles. The van der Waals surface area contributed by atoms with Crippen molar-refractivity contribution in [2.24, 2.45) is 5.73 Å². The Morgan fingerprint density at radius 1 is 1.17 bits per heavy atom. The first-order valence-electron chi connectivity index (χ1n) is 5.75. The molecule has 3 nitrogen and oxygen atoms in total. The summed E-state index contributed by atoms with van der Waals surface area (Å²) in [6.45, 7) is 0. The number of phenolic OH excluding ortho intramolecular Hbond substituents is 1. The zero-order valence-corrected chi connectivity index (χ0v) is 10.6. The maximum absolute atomic E-state index is 9.74. The molecule has 1 heterocycles. The Labute approximate surface area is 112 Å². The average molecular weight is 263 g/mol. The summed E-state index contributed by atoms with van der Waals surface area (Å²) in [6, 6.07) is 11.5. The minimum absolute atomic E-state index is 0. The van der Waals surface area contributed by atoms with E-state index in [1.807, 2.05) is 30.5 Å². The topological polar surface area (TPSA) is 59.1 Å². The Hall–Kier alpha value is -1.58. The van der Waals surface area contributed by atoms with Crippen LogP contribution in [-0.2, 0) is 0 Å². The second kappa shape index (κ2) is 4.96. The van der Waals surface area contributed by atoms with Crippen LogP contribution >= 0.6 is 12.4 Å². The third kappa shape index (κ3) is 2.33. The van der Waals surface area contributed by atoms with Gasteiger partial charge in [0, 0.05) is 23.7 Å². The number of nitrogens with zero attached hydrogens (tertiary/aromatic N) is 1. The van der Waals surface area contributed by atoms with E-state index in [0.717, 1.165) is 17.7 Å². The predicted molar refractivity (Wildman–Crippen MR) is 73.9 cm³/mol. The van der Waals surface area contributed by atoms with E-state index < -0.39 is 0 Å². The number of rotatable bonds is 2. The number of halogens is 1. The van der Waals surface area contributed by atoms with E-state index in [4.69, 9.17) is 5.73 Å². The standard InChI is InChI=1S/C14H14N2O.ClH/c15-12-7-11(12)9-5-6-13(16-8-9)10-3-1-2-4-14(10)17;/h1-6,8,11-12,17H,7,15H2;1H. The fourth-order valence-electron chi connectivity index (χ4n) is 2.07. The van der Waals surface area contributed by atoms with Gasteiger partial charge in [0.25, 0.3) is 0 Å². The largest absolute Gasteiger partial charge is 0.507 e. The normalized spacial score (nSPS) is 21.2. The van der Waals surface area contributed by atoms with Crippen molar-refractivity contribution in [1.29, 1.82) is 0 Å². The Morgan fingerprint density at radius 3 is 2.44 bits per heavy atom. The molecule has 1 aromatic heterocycles. The van der Waals surface area contributed by atoms with Crippen LogP contribution in [0.25, 0.3) is 11.3 Å². The van der Waals surface area contributed by atoms with E-state index >= 15 is 0 Å². The van der Waals surface area contributed by atoms with Crippen LogP contribution < -0.4 is 5.73 Å². The van der Waals surface area contributed by atoms with Crippen molar-refractivity contribution in [3.05, 3.63) is 48.2 Å². The van der Waals surface area contributed by atoms with Gasteiger partial charge in [0.15, 0.2) is 0 Å². The number of aromatic hydroxyl groups is 1. The van der Waals surface area contributed by atoms with E-state index in [0.29, 0.717) is 12.0 Å². The summed E-state index contributed by atoms with van der Waals surface area (Å²) in [5.41, 5.74) is 8.55. The van der Waals surface area contributed by atoms with Crippen molar-refractivity contribution >= 4 is 12.4 Å². The zero-order valence-electron chi connectivity index (χ0n) is 9.78. The van der Waals surface area contributed by atoms with Crippen molar-refractivity contribution in [3.8, 4) is 17.0 Å². The van der Waals surface area contributed by atoms with Gasteiger partial charge in [-0.15, -0.1) is 12.4 Å². The van der Waals surface area contributed by atoms with Crippen molar-refractivity contribution in [2.75, 3.05) is 0 Å². The van der Waals surface area contributed by atoms with Gasteiger partial charge in [-0.05, 0) is 30.2 Å². The highest BCUT2D eigenvalue weighted by Crippen LogP contribution is 2.39. The SMILES string of the molecule is Cl.NC1CC1c1ccc(-c2ccccc2O)nc1. The first-order valence-corrected chi connectivity index (χ1v) is 5.75. The third-order valence-corrected chi connectivity index (χ3v) is 3.23. The summed E-state index contributed by atoms with van der Waals surface area (Å²) >= 11 is 0. The molecule has 1 aliphatic rings. The van der Waals surface area contributed by atoms with Crippen LogP contribution in [0.5, 0.6) is 5.75 Å². The maximum atomic E-state index is 9.74. The minimum atomic E-state index is 0. The highest BCUT2D eigenvalue weighted by molar-refractivity contribution is 5.85. The number of hydrogen-bond acceptors (Lipinski definition) is 3. The lowest BCUT2D eigenvalue weighted by Gasteiger charge is -2.04. The van der Waals surface area contributed by atoms with Crippen LogP contribution in [0.15, 0.2) is 42.6 Å². The third-order valence-electron chi connectivity index (χ3n) is 3.23. The van der Waals surface area contributed by atoms with Gasteiger partial charge in [0.1, 0.15) is 5.75 Å². The molecule has 0 bridgehead atoms. The van der Waals surface area contributed by atoms with Gasteiger partial charge >= 0.3 is 0 Å². The summed E-state index contributed by atoms with van der Waals surface area (Å²) in [5.74, 6) is 0.733. The Balaban J connectivity index is 0.00000120. The van der Waals surface area contributed by atoms with Gasteiger partial charge in [-0.2, -0.15) is 0 Å². The zero-order chi connectivity index (χ0) is 11.8. The molecule has 2 unspecified atom stereocenters. The monoisotopic (exact) mass is 262 g/mol. The van der Waals surface area contributed by atoms with Crippen molar-refractivity contribution in [2.45, 2.75) is 18.4 Å². The number of pyridine rings is 1. The average Bonchev–Trinajstić information content (AvgIpc) is 3.07. The molecule has 94 valence electrons. The summed E-state index contributed by atoms with van der Waals surface area (Å²) < 4.78 is 0. The lowest BCUT2D eigenvalue weighted by Crippen LogP contribution is -2.01. The van der Waals surface area contributed by atoms with Gasteiger partial charge in [-0.1, -0.05) is 18.2 Å². The predicted octanol–water partition coefficient (Wildman–Crippen LogP) is 2.69. The van der Waals surface area contributed by atoms with Gasteiger partial charge in [-0.3, -0.25) is 4.98 Å². The molecular weight excluding hydrogens is 248 g/mol. The number of nitrogens with two attached hydrogens (primary N) is 1. The van der Waals surface area contributed by atoms with E-state index in [1.54, 1.807) is 12.1 Å². The molecule has 0 radical (unpaired) electrons. The van der Waals surface area contributed by atoms with Crippen LogP contribution in [0.2, 0.25) is 0 Å². The van der Waals surface area contributed by atoms with Crippen LogP contribution in [0.4, 0.5) is 0 Å². The Kier molecular flexibility index (Phi) is 3.55. The summed E-state index contributed by atoms with van der Waals surface area (Å²) in [6.07, 6.45) is 2.91. The smallest absolute Gasteiger partial charge is 0.124 e. The first kappa shape index (κ1) is 12.9. The van der Waals surface area contributed by atoms with E-state index in [2.05, 4.69) is 4.98 Å². The fourth-order valence-corrected chi connectivity index (χ4v) is 2.07. The maximum Gasteiger partial charge on any atom is 0.124 e. The van der Waals surface area contributed by atoms with Crippen LogP contribution in [0.1, 0.15) is 17.9 Å². The molecule has 3 N–H and O–H groups in total. The Morgan fingerprint density at radius 2 is 1.89 bits per heavy atom. The summed E-state index contributed by atoms with van der Waals surface area (Å²) in [7, 11) is 0. The summed E-state index contributed by atoms with van der Waals surface area (Å²) in [4.78, 5) is 4.39. The van der Waals surface area contributed by atoms with E-state index in [-0.39, 0.29) is 18.2 Å². The second-order valence-corrected chi connectivity index (χ2v) is 4.50. The molecule has 18 heavy (non-hydrogen) atoms. The number of para-hydroxylation sites is 1. The van der Waals surface area contributed by atoms with Gasteiger partial charge in [0.2, 0.25) is 0 Å². The molecular formula is C14H15ClN2O. The van der Waals surface area contributed by atoms with Crippen LogP contribution in [-0.4, -0.2) is 16.1 Å². The van der Waals surface area contributed by atoms with Crippen molar-refractivity contribution < 1.29 is 5.11 Å². The number of phenols is 1. The number of hydrogen-bond donors (Lipinski definition) is 2. The summed E-state index contributed by atoms with van der Waals surface area (Å²) in [5, 5.41) is 9.74. The molecule has 0 amide bonds.